The van der Waals surface area contributed by atoms with Crippen LogP contribution in [-0.4, -0.2) is 0 Å². The second kappa shape index (κ2) is 7.90. The van der Waals surface area contributed by atoms with Crippen LogP contribution < -0.4 is 4.90 Å². The van der Waals surface area contributed by atoms with Crippen LogP contribution in [0, 0.1) is 0 Å². The molecule has 0 N–H and O–H groups in total. The van der Waals surface area contributed by atoms with Gasteiger partial charge in [0, 0.05) is 17.5 Å². The maximum Gasteiger partial charge on any atom is 0.0533 e. The lowest BCUT2D eigenvalue weighted by atomic mass is 9.84. The van der Waals surface area contributed by atoms with Crippen LogP contribution in [-0.2, 0) is 5.41 Å². The fourth-order valence-corrected chi connectivity index (χ4v) is 3.41. The van der Waals surface area contributed by atoms with Gasteiger partial charge in [-0.25, -0.2) is 0 Å². The van der Waals surface area contributed by atoms with Crippen LogP contribution >= 0.6 is 0 Å². The highest BCUT2D eigenvalue weighted by Gasteiger charge is 2.20. The van der Waals surface area contributed by atoms with Gasteiger partial charge in [0.05, 0.1) is 5.69 Å². The van der Waals surface area contributed by atoms with Crippen molar-refractivity contribution in [3.8, 4) is 0 Å². The molecule has 0 fully saturated rings. The standard InChI is InChI=1S/C27H29N/c1-7-24(8-2)28-17-16-22(21-12-10-9-11-13-21)18-20(3)25-19-23(27(4,5)6)14-15-26(25)28/h7-19H,1,3H2,2,4-6H3/b17-16-,22-18+,24-8+. The monoisotopic (exact) mass is 367 g/mol. The van der Waals surface area contributed by atoms with Gasteiger partial charge in [-0.3, -0.25) is 0 Å². The lowest BCUT2D eigenvalue weighted by Crippen LogP contribution is -2.18. The molecule has 2 aromatic rings. The van der Waals surface area contributed by atoms with E-state index >= 15 is 0 Å². The molecule has 28 heavy (non-hydrogen) atoms. The molecule has 0 amide bonds. The van der Waals surface area contributed by atoms with Crippen LogP contribution in [0.5, 0.6) is 0 Å². The van der Waals surface area contributed by atoms with Crippen LogP contribution in [0.1, 0.15) is 44.4 Å². The van der Waals surface area contributed by atoms with Gasteiger partial charge in [-0.05, 0) is 65.0 Å². The zero-order chi connectivity index (χ0) is 20.3. The number of allylic oxidation sites excluding steroid dienone is 6. The maximum absolute atomic E-state index is 4.42. The quantitative estimate of drug-likeness (QED) is 0.507. The third kappa shape index (κ3) is 3.94. The van der Waals surface area contributed by atoms with Crippen LogP contribution in [0.3, 0.4) is 0 Å². The number of nitrogens with zero attached hydrogens (tertiary/aromatic N) is 1. The van der Waals surface area contributed by atoms with Crippen molar-refractivity contribution in [2.75, 3.05) is 4.90 Å². The van der Waals surface area contributed by atoms with E-state index in [1.54, 1.807) is 0 Å². The molecule has 1 heterocycles. The van der Waals surface area contributed by atoms with Gasteiger partial charge in [0.25, 0.3) is 0 Å². The summed E-state index contributed by atoms with van der Waals surface area (Å²) in [6.45, 7) is 17.2. The van der Waals surface area contributed by atoms with E-state index in [1.807, 2.05) is 19.1 Å². The molecule has 0 radical (unpaired) electrons. The Labute approximate surface area is 169 Å². The summed E-state index contributed by atoms with van der Waals surface area (Å²) in [5.74, 6) is 0. The van der Waals surface area contributed by atoms with Crippen LogP contribution in [0.15, 0.2) is 97.9 Å². The van der Waals surface area contributed by atoms with Crippen molar-refractivity contribution in [3.05, 3.63) is 115 Å². The molecule has 0 aromatic heterocycles. The number of benzene rings is 2. The molecule has 0 saturated carbocycles. The summed E-state index contributed by atoms with van der Waals surface area (Å²) in [7, 11) is 0. The topological polar surface area (TPSA) is 3.24 Å². The Hall–Kier alpha value is -3.06. The minimum atomic E-state index is 0.0756. The third-order valence-electron chi connectivity index (χ3n) is 5.09. The summed E-state index contributed by atoms with van der Waals surface area (Å²) in [5.41, 5.74) is 8.01. The average Bonchev–Trinajstić information content (AvgIpc) is 2.68. The SMILES string of the molecule is C=C/C(=C\C)N1/C=C\C(c2ccccc2)=C/C(=C)c2cc(C(C)(C)C)ccc21. The average molecular weight is 368 g/mol. The highest BCUT2D eigenvalue weighted by atomic mass is 15.1. The first-order chi connectivity index (χ1) is 13.3. The van der Waals surface area contributed by atoms with Gasteiger partial charge in [0.2, 0.25) is 0 Å². The zero-order valence-electron chi connectivity index (χ0n) is 17.4. The molecule has 0 unspecified atom stereocenters. The summed E-state index contributed by atoms with van der Waals surface area (Å²) < 4.78 is 0. The molecular weight excluding hydrogens is 338 g/mol. The van der Waals surface area contributed by atoms with E-state index in [1.165, 1.54) is 11.1 Å². The summed E-state index contributed by atoms with van der Waals surface area (Å²) in [6.07, 6.45) is 10.4. The molecule has 1 heteroatoms. The van der Waals surface area contributed by atoms with Crippen LogP contribution in [0.4, 0.5) is 5.69 Å². The highest BCUT2D eigenvalue weighted by molar-refractivity contribution is 5.92. The Morgan fingerprint density at radius 3 is 2.36 bits per heavy atom. The summed E-state index contributed by atoms with van der Waals surface area (Å²) >= 11 is 0. The van der Waals surface area contributed by atoms with Crippen molar-refractivity contribution in [1.82, 2.24) is 0 Å². The molecule has 1 nitrogen and oxygen atoms in total. The second-order valence-corrected chi connectivity index (χ2v) is 8.08. The Morgan fingerprint density at radius 2 is 1.75 bits per heavy atom. The second-order valence-electron chi connectivity index (χ2n) is 8.08. The van der Waals surface area contributed by atoms with Crippen LogP contribution in [0.25, 0.3) is 11.1 Å². The predicted octanol–water partition coefficient (Wildman–Crippen LogP) is 7.50. The molecule has 1 aliphatic heterocycles. The normalized spacial score (nSPS) is 17.9. The molecule has 0 bridgehead atoms. The first kappa shape index (κ1) is 19.7. The van der Waals surface area contributed by atoms with Crippen molar-refractivity contribution < 1.29 is 0 Å². The number of anilines is 1. The summed E-state index contributed by atoms with van der Waals surface area (Å²) in [4.78, 5) is 2.19. The Morgan fingerprint density at radius 1 is 1.04 bits per heavy atom. The van der Waals surface area contributed by atoms with Gasteiger partial charge in [-0.1, -0.05) is 76.4 Å². The predicted molar refractivity (Wildman–Crippen MR) is 124 cm³/mol. The van der Waals surface area contributed by atoms with Crippen molar-refractivity contribution in [2.24, 2.45) is 0 Å². The smallest absolute Gasteiger partial charge is 0.0533 e. The van der Waals surface area contributed by atoms with Gasteiger partial charge < -0.3 is 4.90 Å². The minimum Gasteiger partial charge on any atom is -0.317 e. The zero-order valence-corrected chi connectivity index (χ0v) is 17.4. The highest BCUT2D eigenvalue weighted by Crippen LogP contribution is 2.37. The Kier molecular flexibility index (Phi) is 5.56. The number of hydrogen-bond donors (Lipinski definition) is 0. The first-order valence-corrected chi connectivity index (χ1v) is 9.72. The number of fused-ring (bicyclic) bond motifs is 1. The van der Waals surface area contributed by atoms with Gasteiger partial charge in [-0.2, -0.15) is 0 Å². The molecule has 0 aliphatic carbocycles. The van der Waals surface area contributed by atoms with Gasteiger partial charge in [-0.15, -0.1) is 0 Å². The number of hydrogen-bond acceptors (Lipinski definition) is 1. The minimum absolute atomic E-state index is 0.0756. The number of rotatable bonds is 3. The van der Waals surface area contributed by atoms with Crippen molar-refractivity contribution in [1.29, 1.82) is 0 Å². The first-order valence-electron chi connectivity index (χ1n) is 9.72. The van der Waals surface area contributed by atoms with E-state index < -0.39 is 0 Å². The lowest BCUT2D eigenvalue weighted by Gasteiger charge is -2.29. The van der Waals surface area contributed by atoms with Crippen LogP contribution in [0.2, 0.25) is 0 Å². The molecule has 0 saturated heterocycles. The largest absolute Gasteiger partial charge is 0.317 e. The maximum atomic E-state index is 4.42. The lowest BCUT2D eigenvalue weighted by molar-refractivity contribution is 0.590. The summed E-state index contributed by atoms with van der Waals surface area (Å²) in [5, 5.41) is 0. The third-order valence-corrected chi connectivity index (χ3v) is 5.09. The van der Waals surface area contributed by atoms with Crippen molar-refractivity contribution in [3.63, 3.8) is 0 Å². The fraction of sp³-hybridized carbons (Fsp3) is 0.185. The van der Waals surface area contributed by atoms with Gasteiger partial charge >= 0.3 is 0 Å². The molecule has 2 aromatic carbocycles. The van der Waals surface area contributed by atoms with Crippen molar-refractivity contribution in [2.45, 2.75) is 33.1 Å². The molecule has 0 spiro atoms. The van der Waals surface area contributed by atoms with E-state index in [9.17, 15) is 0 Å². The van der Waals surface area contributed by atoms with E-state index in [4.69, 9.17) is 0 Å². The van der Waals surface area contributed by atoms with E-state index in [-0.39, 0.29) is 5.41 Å². The van der Waals surface area contributed by atoms with Gasteiger partial charge in [0.15, 0.2) is 0 Å². The Balaban J connectivity index is 2.24. The van der Waals surface area contributed by atoms with Gasteiger partial charge in [0.1, 0.15) is 0 Å². The Bertz CT molecular complexity index is 979. The summed E-state index contributed by atoms with van der Waals surface area (Å²) in [6, 6.07) is 17.1. The molecular formula is C27H29N. The molecule has 1 aliphatic rings. The molecule has 142 valence electrons. The fourth-order valence-electron chi connectivity index (χ4n) is 3.41. The van der Waals surface area contributed by atoms with E-state index in [2.05, 4.69) is 106 Å². The van der Waals surface area contributed by atoms with E-state index in [0.717, 1.165) is 28.1 Å². The molecule has 3 rings (SSSR count). The molecule has 0 atom stereocenters. The van der Waals surface area contributed by atoms with E-state index in [0.29, 0.717) is 0 Å². The van der Waals surface area contributed by atoms with Crippen molar-refractivity contribution >= 4 is 16.8 Å².